The highest BCUT2D eigenvalue weighted by atomic mass is 35.5. The van der Waals surface area contributed by atoms with Crippen LogP contribution in [0.2, 0.25) is 5.02 Å². The number of piperazine rings is 1. The Balaban J connectivity index is 2.32. The highest BCUT2D eigenvalue weighted by Gasteiger charge is 2.32. The van der Waals surface area contributed by atoms with Crippen molar-refractivity contribution in [1.82, 2.24) is 10.2 Å². The van der Waals surface area contributed by atoms with Crippen LogP contribution in [0.25, 0.3) is 0 Å². The summed E-state index contributed by atoms with van der Waals surface area (Å²) in [6.45, 7) is 2.55. The number of halogens is 4. The summed E-state index contributed by atoms with van der Waals surface area (Å²) in [6.07, 6.45) is -4.41. The molecule has 1 saturated heterocycles. The fraction of sp³-hybridized carbons (Fsp3) is 0.538. The van der Waals surface area contributed by atoms with Gasteiger partial charge in [0.05, 0.1) is 18.2 Å². The smallest absolute Gasteiger partial charge is 0.394 e. The van der Waals surface area contributed by atoms with E-state index in [1.807, 2.05) is 4.90 Å². The van der Waals surface area contributed by atoms with E-state index in [-0.39, 0.29) is 11.6 Å². The Labute approximate surface area is 120 Å². The minimum absolute atomic E-state index is 0.246. The molecule has 0 saturated carbocycles. The van der Waals surface area contributed by atoms with E-state index in [1.165, 1.54) is 6.07 Å². The van der Waals surface area contributed by atoms with Gasteiger partial charge in [-0.3, -0.25) is 4.90 Å². The first-order valence-corrected chi connectivity index (χ1v) is 6.73. The molecule has 1 aromatic carbocycles. The highest BCUT2D eigenvalue weighted by Crippen LogP contribution is 2.35. The number of aliphatic hydroxyl groups excluding tert-OH is 1. The van der Waals surface area contributed by atoms with Gasteiger partial charge in [0.25, 0.3) is 0 Å². The number of nitrogens with one attached hydrogen (secondary N) is 1. The quantitative estimate of drug-likeness (QED) is 0.899. The van der Waals surface area contributed by atoms with Gasteiger partial charge in [-0.15, -0.1) is 0 Å². The third-order valence-electron chi connectivity index (χ3n) is 3.45. The predicted molar refractivity (Wildman–Crippen MR) is 70.7 cm³/mol. The summed E-state index contributed by atoms with van der Waals surface area (Å²) in [5, 5.41) is 13.0. The van der Waals surface area contributed by atoms with Crippen LogP contribution in [0.1, 0.15) is 17.2 Å². The molecule has 1 atom stereocenters. The van der Waals surface area contributed by atoms with Gasteiger partial charge in [-0.05, 0) is 23.8 Å². The number of nitrogens with zero attached hydrogens (tertiary/aromatic N) is 1. The molecule has 0 radical (unpaired) electrons. The fourth-order valence-electron chi connectivity index (χ4n) is 2.38. The average Bonchev–Trinajstić information content (AvgIpc) is 2.41. The van der Waals surface area contributed by atoms with Crippen LogP contribution in [0.15, 0.2) is 18.2 Å². The Hall–Kier alpha value is -0.820. The van der Waals surface area contributed by atoms with Crippen LogP contribution in [0.5, 0.6) is 0 Å². The molecule has 20 heavy (non-hydrogen) atoms. The predicted octanol–water partition coefficient (Wildman–Crippen LogP) is 2.30. The molecular weight excluding hydrogens is 293 g/mol. The van der Waals surface area contributed by atoms with Crippen molar-refractivity contribution < 1.29 is 18.3 Å². The molecule has 0 spiro atoms. The lowest BCUT2D eigenvalue weighted by Crippen LogP contribution is -2.46. The van der Waals surface area contributed by atoms with E-state index in [0.717, 1.165) is 25.2 Å². The van der Waals surface area contributed by atoms with Crippen molar-refractivity contribution in [2.45, 2.75) is 12.2 Å². The number of aliphatic hydroxyl groups is 1. The molecule has 0 bridgehead atoms. The van der Waals surface area contributed by atoms with E-state index in [2.05, 4.69) is 5.32 Å². The van der Waals surface area contributed by atoms with E-state index in [0.29, 0.717) is 18.7 Å². The standard InChI is InChI=1S/C13H16ClF3N2O/c14-11-2-1-9(13(15,16)17)7-10(11)12(8-20)19-5-3-18-4-6-19/h1-2,7,12,18,20H,3-6,8H2/t12-/m0/s1. The minimum atomic E-state index is -4.41. The molecule has 2 rings (SSSR count). The Bertz CT molecular complexity index is 461. The lowest BCUT2D eigenvalue weighted by Gasteiger charge is -2.34. The molecule has 112 valence electrons. The first-order valence-electron chi connectivity index (χ1n) is 6.35. The summed E-state index contributed by atoms with van der Waals surface area (Å²) >= 11 is 6.02. The normalized spacial score (nSPS) is 19.1. The zero-order valence-electron chi connectivity index (χ0n) is 10.8. The van der Waals surface area contributed by atoms with Gasteiger partial charge in [0.2, 0.25) is 0 Å². The van der Waals surface area contributed by atoms with Crippen LogP contribution in [0.3, 0.4) is 0 Å². The summed E-state index contributed by atoms with van der Waals surface area (Å²) < 4.78 is 38.3. The number of hydrogen-bond donors (Lipinski definition) is 2. The van der Waals surface area contributed by atoms with Gasteiger partial charge in [0, 0.05) is 31.2 Å². The van der Waals surface area contributed by atoms with E-state index in [1.54, 1.807) is 0 Å². The van der Waals surface area contributed by atoms with Crippen LogP contribution in [-0.4, -0.2) is 42.8 Å². The SMILES string of the molecule is OC[C@@H](c1cc(C(F)(F)F)ccc1Cl)N1CCNCC1. The molecule has 3 nitrogen and oxygen atoms in total. The molecule has 1 aliphatic heterocycles. The molecular formula is C13H16ClF3N2O. The van der Waals surface area contributed by atoms with Gasteiger partial charge >= 0.3 is 6.18 Å². The monoisotopic (exact) mass is 308 g/mol. The van der Waals surface area contributed by atoms with E-state index < -0.39 is 17.8 Å². The molecule has 0 aliphatic carbocycles. The molecule has 0 unspecified atom stereocenters. The van der Waals surface area contributed by atoms with Gasteiger partial charge in [0.15, 0.2) is 0 Å². The number of hydrogen-bond acceptors (Lipinski definition) is 3. The lowest BCUT2D eigenvalue weighted by atomic mass is 10.0. The van der Waals surface area contributed by atoms with Crippen LogP contribution >= 0.6 is 11.6 Å². The van der Waals surface area contributed by atoms with Gasteiger partial charge in [-0.2, -0.15) is 13.2 Å². The average molecular weight is 309 g/mol. The zero-order valence-corrected chi connectivity index (χ0v) is 11.5. The molecule has 1 aliphatic rings. The van der Waals surface area contributed by atoms with Crippen LogP contribution < -0.4 is 5.32 Å². The van der Waals surface area contributed by atoms with Crippen molar-refractivity contribution in [1.29, 1.82) is 0 Å². The Morgan fingerprint density at radius 2 is 1.95 bits per heavy atom. The van der Waals surface area contributed by atoms with Crippen LogP contribution in [0, 0.1) is 0 Å². The highest BCUT2D eigenvalue weighted by molar-refractivity contribution is 6.31. The van der Waals surface area contributed by atoms with Crippen molar-refractivity contribution in [3.63, 3.8) is 0 Å². The molecule has 1 fully saturated rings. The Morgan fingerprint density at radius 1 is 1.30 bits per heavy atom. The summed E-state index contributed by atoms with van der Waals surface area (Å²) in [6, 6.07) is 2.72. The Morgan fingerprint density at radius 3 is 2.50 bits per heavy atom. The van der Waals surface area contributed by atoms with Crippen molar-refractivity contribution in [3.05, 3.63) is 34.3 Å². The molecule has 0 amide bonds. The second-order valence-corrected chi connectivity index (χ2v) is 5.13. The second-order valence-electron chi connectivity index (χ2n) is 4.72. The fourth-order valence-corrected chi connectivity index (χ4v) is 2.62. The first kappa shape index (κ1) is 15.6. The molecule has 2 N–H and O–H groups in total. The van der Waals surface area contributed by atoms with Crippen molar-refractivity contribution in [2.75, 3.05) is 32.8 Å². The number of rotatable bonds is 3. The third kappa shape index (κ3) is 3.44. The maximum absolute atomic E-state index is 12.8. The minimum Gasteiger partial charge on any atom is -0.394 e. The molecule has 1 heterocycles. The molecule has 1 aromatic rings. The maximum Gasteiger partial charge on any atom is 0.416 e. The zero-order chi connectivity index (χ0) is 14.8. The van der Waals surface area contributed by atoms with Crippen molar-refractivity contribution in [3.8, 4) is 0 Å². The lowest BCUT2D eigenvalue weighted by molar-refractivity contribution is -0.137. The summed E-state index contributed by atoms with van der Waals surface area (Å²) in [5.41, 5.74) is -0.420. The topological polar surface area (TPSA) is 35.5 Å². The molecule has 0 aromatic heterocycles. The van der Waals surface area contributed by atoms with Gasteiger partial charge in [0.1, 0.15) is 0 Å². The van der Waals surface area contributed by atoms with E-state index in [9.17, 15) is 18.3 Å². The van der Waals surface area contributed by atoms with Crippen LogP contribution in [-0.2, 0) is 6.18 Å². The summed E-state index contributed by atoms with van der Waals surface area (Å²) in [7, 11) is 0. The third-order valence-corrected chi connectivity index (χ3v) is 3.79. The van der Waals surface area contributed by atoms with Crippen LogP contribution in [0.4, 0.5) is 13.2 Å². The van der Waals surface area contributed by atoms with E-state index in [4.69, 9.17) is 11.6 Å². The molecule has 7 heteroatoms. The maximum atomic E-state index is 12.8. The largest absolute Gasteiger partial charge is 0.416 e. The van der Waals surface area contributed by atoms with Crippen molar-refractivity contribution in [2.24, 2.45) is 0 Å². The van der Waals surface area contributed by atoms with Gasteiger partial charge in [-0.25, -0.2) is 0 Å². The Kier molecular flexibility index (Phi) is 4.90. The summed E-state index contributed by atoms with van der Waals surface area (Å²) in [5.74, 6) is 0. The summed E-state index contributed by atoms with van der Waals surface area (Å²) in [4.78, 5) is 1.94. The van der Waals surface area contributed by atoms with E-state index >= 15 is 0 Å². The van der Waals surface area contributed by atoms with Gasteiger partial charge < -0.3 is 10.4 Å². The first-order chi connectivity index (χ1) is 9.43. The second kappa shape index (κ2) is 6.30. The number of alkyl halides is 3. The van der Waals surface area contributed by atoms with Gasteiger partial charge in [-0.1, -0.05) is 11.6 Å². The number of benzene rings is 1. The van der Waals surface area contributed by atoms with Crippen molar-refractivity contribution >= 4 is 11.6 Å².